The van der Waals surface area contributed by atoms with Gasteiger partial charge in [-0.15, -0.1) is 0 Å². The number of ketones is 1. The van der Waals surface area contributed by atoms with E-state index in [2.05, 4.69) is 4.74 Å². The Morgan fingerprint density at radius 1 is 1.27 bits per heavy atom. The summed E-state index contributed by atoms with van der Waals surface area (Å²) in [6.45, 7) is -2.26. The molecule has 2 atom stereocenters. The minimum atomic E-state index is -4.59. The van der Waals surface area contributed by atoms with E-state index in [1.54, 1.807) is 0 Å². The van der Waals surface area contributed by atoms with Crippen LogP contribution in [0.25, 0.3) is 0 Å². The molecule has 0 fully saturated rings. The van der Waals surface area contributed by atoms with E-state index in [9.17, 15) is 4.79 Å². The van der Waals surface area contributed by atoms with Crippen LogP contribution in [0.2, 0.25) is 0 Å². The van der Waals surface area contributed by atoms with Crippen molar-refractivity contribution in [2.75, 3.05) is 19.8 Å². The van der Waals surface area contributed by atoms with Gasteiger partial charge in [0, 0.05) is 0 Å². The van der Waals surface area contributed by atoms with Gasteiger partial charge < -0.3 is 20.1 Å². The Morgan fingerprint density at radius 2 is 1.80 bits per heavy atom. The average Bonchev–Trinajstić information content (AvgIpc) is 2.15. The Labute approximate surface area is 85.9 Å². The summed E-state index contributed by atoms with van der Waals surface area (Å²) < 4.78 is 4.49. The number of carbonyl (C=O) groups is 1. The van der Waals surface area contributed by atoms with Gasteiger partial charge in [-0.05, 0) is 0 Å². The van der Waals surface area contributed by atoms with Crippen LogP contribution < -0.4 is 0 Å². The van der Waals surface area contributed by atoms with E-state index in [-0.39, 0.29) is 0 Å². The zero-order chi connectivity index (χ0) is 12.1. The van der Waals surface area contributed by atoms with Crippen LogP contribution >= 0.6 is 7.94 Å². The zero-order valence-corrected chi connectivity index (χ0v) is 8.62. The van der Waals surface area contributed by atoms with E-state index in [1.165, 1.54) is 0 Å². The SMILES string of the molecule is O=C(CO)C(OCC(O)CO)[P+](O)(O)O. The number of rotatable bonds is 7. The van der Waals surface area contributed by atoms with E-state index in [1.807, 2.05) is 0 Å². The molecule has 90 valence electrons. The average molecular weight is 245 g/mol. The maximum atomic E-state index is 10.9. The second-order valence-corrected chi connectivity index (χ2v) is 4.46. The molecular weight excluding hydrogens is 231 g/mol. The van der Waals surface area contributed by atoms with Crippen LogP contribution in [0.4, 0.5) is 0 Å². The minimum Gasteiger partial charge on any atom is -0.394 e. The fourth-order valence-corrected chi connectivity index (χ4v) is 1.47. The van der Waals surface area contributed by atoms with Crippen molar-refractivity contribution >= 4 is 13.7 Å². The normalized spacial score (nSPS) is 16.1. The van der Waals surface area contributed by atoms with Crippen molar-refractivity contribution in [3.05, 3.63) is 0 Å². The number of Topliss-reactive ketones (excluding diaryl/α,β-unsaturated/α-hetero) is 1. The topological polar surface area (TPSA) is 148 Å². The maximum absolute atomic E-state index is 10.9. The number of carbonyl (C=O) groups excluding carboxylic acids is 1. The largest absolute Gasteiger partial charge is 0.443 e. The van der Waals surface area contributed by atoms with Gasteiger partial charge in [-0.3, -0.25) is 4.79 Å². The van der Waals surface area contributed by atoms with Crippen LogP contribution in [-0.4, -0.2) is 67.6 Å². The molecule has 0 amide bonds. The van der Waals surface area contributed by atoms with Gasteiger partial charge >= 0.3 is 13.8 Å². The third-order valence-electron chi connectivity index (χ3n) is 1.40. The molecule has 0 aromatic heterocycles. The molecule has 0 aliphatic rings. The molecule has 0 rings (SSSR count). The van der Waals surface area contributed by atoms with Gasteiger partial charge in [0.1, 0.15) is 12.7 Å². The number of ether oxygens (including phenoxy) is 1. The second kappa shape index (κ2) is 6.41. The predicted molar refractivity (Wildman–Crippen MR) is 48.5 cm³/mol. The summed E-state index contributed by atoms with van der Waals surface area (Å²) in [6.07, 6.45) is -1.31. The molecule has 0 aliphatic carbocycles. The van der Waals surface area contributed by atoms with Gasteiger partial charge in [-0.1, -0.05) is 0 Å². The highest BCUT2D eigenvalue weighted by Crippen LogP contribution is 2.50. The van der Waals surface area contributed by atoms with Crippen molar-refractivity contribution in [1.82, 2.24) is 0 Å². The van der Waals surface area contributed by atoms with Gasteiger partial charge in [-0.2, -0.15) is 14.7 Å². The highest BCUT2D eigenvalue weighted by atomic mass is 31.2. The molecule has 0 aromatic rings. The number of aliphatic hydroxyl groups is 3. The molecule has 8 nitrogen and oxygen atoms in total. The van der Waals surface area contributed by atoms with Gasteiger partial charge in [0.05, 0.1) is 13.2 Å². The summed E-state index contributed by atoms with van der Waals surface area (Å²) in [5.74, 6) is -3.12. The van der Waals surface area contributed by atoms with Crippen LogP contribution in [-0.2, 0) is 9.53 Å². The fraction of sp³-hybridized carbons (Fsp3) is 0.833. The molecule has 0 aromatic carbocycles. The lowest BCUT2D eigenvalue weighted by Crippen LogP contribution is -2.33. The monoisotopic (exact) mass is 245 g/mol. The highest BCUT2D eigenvalue weighted by molar-refractivity contribution is 7.60. The van der Waals surface area contributed by atoms with Crippen molar-refractivity contribution in [2.24, 2.45) is 0 Å². The summed E-state index contributed by atoms with van der Waals surface area (Å²) in [4.78, 5) is 37.2. The first-order valence-electron chi connectivity index (χ1n) is 3.94. The molecule has 9 heteroatoms. The van der Waals surface area contributed by atoms with Gasteiger partial charge in [0.15, 0.2) is 0 Å². The lowest BCUT2D eigenvalue weighted by Gasteiger charge is -2.16. The predicted octanol–water partition coefficient (Wildman–Crippen LogP) is -3.02. The Hall–Kier alpha value is -0.180. The summed E-state index contributed by atoms with van der Waals surface area (Å²) >= 11 is 0. The highest BCUT2D eigenvalue weighted by Gasteiger charge is 2.49. The first-order valence-corrected chi connectivity index (χ1v) is 5.65. The van der Waals surface area contributed by atoms with Gasteiger partial charge in [0.2, 0.25) is 5.78 Å². The van der Waals surface area contributed by atoms with Crippen LogP contribution in [0.1, 0.15) is 0 Å². The van der Waals surface area contributed by atoms with E-state index >= 15 is 0 Å². The molecule has 0 radical (unpaired) electrons. The molecule has 6 N–H and O–H groups in total. The fourth-order valence-electron chi connectivity index (χ4n) is 0.719. The minimum absolute atomic E-state index is 0.573. The van der Waals surface area contributed by atoms with Crippen LogP contribution in [0.3, 0.4) is 0 Å². The molecule has 0 bridgehead atoms. The van der Waals surface area contributed by atoms with Crippen LogP contribution in [0, 0.1) is 0 Å². The lowest BCUT2D eigenvalue weighted by atomic mass is 10.4. The molecule has 2 unspecified atom stereocenters. The summed E-state index contributed by atoms with van der Waals surface area (Å²) in [5, 5.41) is 25.7. The molecule has 0 spiro atoms. The van der Waals surface area contributed by atoms with Gasteiger partial charge in [0.25, 0.3) is 0 Å². The van der Waals surface area contributed by atoms with Crippen LogP contribution in [0.5, 0.6) is 0 Å². The van der Waals surface area contributed by atoms with E-state index in [4.69, 9.17) is 30.0 Å². The van der Waals surface area contributed by atoms with Crippen molar-refractivity contribution in [3.8, 4) is 0 Å². The third-order valence-corrected chi connectivity index (χ3v) is 2.47. The van der Waals surface area contributed by atoms with Crippen molar-refractivity contribution in [2.45, 2.75) is 11.9 Å². The summed E-state index contributed by atoms with van der Waals surface area (Å²) in [6, 6.07) is 0. The molecule has 15 heavy (non-hydrogen) atoms. The number of hydrogen-bond acceptors (Lipinski definition) is 8. The first kappa shape index (κ1) is 14.8. The first-order chi connectivity index (χ1) is 6.82. The lowest BCUT2D eigenvalue weighted by molar-refractivity contribution is -0.131. The van der Waals surface area contributed by atoms with Crippen molar-refractivity contribution in [1.29, 1.82) is 0 Å². The Balaban J connectivity index is 4.34. The smallest absolute Gasteiger partial charge is 0.394 e. The van der Waals surface area contributed by atoms with E-state index in [0.29, 0.717) is 0 Å². The molecular formula is C6H14O8P+. The van der Waals surface area contributed by atoms with E-state index in [0.717, 1.165) is 0 Å². The molecule has 0 heterocycles. The second-order valence-electron chi connectivity index (χ2n) is 2.76. The van der Waals surface area contributed by atoms with Crippen LogP contribution in [0.15, 0.2) is 0 Å². The third kappa shape index (κ3) is 5.45. The zero-order valence-electron chi connectivity index (χ0n) is 7.72. The Kier molecular flexibility index (Phi) is 6.34. The standard InChI is InChI=1S/C6H14O8P/c7-1-4(9)3-14-6(5(10)2-8)15(11,12)13/h4,6-9,11-13H,1-3H2/q+1. The number of hydrogen-bond donors (Lipinski definition) is 6. The quantitative estimate of drug-likeness (QED) is 0.260. The summed E-state index contributed by atoms with van der Waals surface area (Å²) in [7, 11) is -4.59. The van der Waals surface area contributed by atoms with Crippen molar-refractivity contribution in [3.63, 3.8) is 0 Å². The Morgan fingerprint density at radius 3 is 2.13 bits per heavy atom. The molecule has 0 saturated carbocycles. The summed E-state index contributed by atoms with van der Waals surface area (Å²) in [5.41, 5.74) is 0. The molecule has 0 aliphatic heterocycles. The Bertz CT molecular complexity index is 202. The van der Waals surface area contributed by atoms with Gasteiger partial charge in [-0.25, -0.2) is 0 Å². The maximum Gasteiger partial charge on any atom is 0.443 e. The molecule has 0 saturated heterocycles. The number of aliphatic hydroxyl groups excluding tert-OH is 3. The van der Waals surface area contributed by atoms with Crippen molar-refractivity contribution < 1.29 is 39.5 Å². The van der Waals surface area contributed by atoms with E-state index < -0.39 is 45.5 Å².